The van der Waals surface area contributed by atoms with E-state index in [2.05, 4.69) is 34.2 Å². The third-order valence-electron chi connectivity index (χ3n) is 6.94. The van der Waals surface area contributed by atoms with Gasteiger partial charge in [0.2, 0.25) is 0 Å². The first-order valence-electron chi connectivity index (χ1n) is 11.8. The van der Waals surface area contributed by atoms with Gasteiger partial charge in [0, 0.05) is 18.7 Å². The van der Waals surface area contributed by atoms with E-state index >= 15 is 4.39 Å². The normalized spacial score (nSPS) is 16.5. The number of carbonyl (C=O) groups is 1. The molecule has 184 valence electrons. The molecule has 0 amide bonds. The maximum atomic E-state index is 15.0. The molecule has 8 heteroatoms. The van der Waals surface area contributed by atoms with Gasteiger partial charge >= 0.3 is 5.97 Å². The number of hydrogen-bond donors (Lipinski definition) is 1. The number of rotatable bonds is 8. The van der Waals surface area contributed by atoms with E-state index in [-0.39, 0.29) is 29.6 Å². The van der Waals surface area contributed by atoms with Crippen LogP contribution in [0, 0.1) is 11.7 Å². The number of nitrogens with zero attached hydrogens (tertiary/aromatic N) is 3. The Hall–Kier alpha value is -3.13. The van der Waals surface area contributed by atoms with Gasteiger partial charge in [0.05, 0.1) is 17.0 Å². The van der Waals surface area contributed by atoms with Crippen molar-refractivity contribution in [1.82, 2.24) is 14.9 Å². The summed E-state index contributed by atoms with van der Waals surface area (Å²) in [5, 5.41) is 9.60. The lowest BCUT2D eigenvalue weighted by Crippen LogP contribution is -2.50. The Morgan fingerprint density at radius 2 is 1.86 bits per heavy atom. The molecular weight excluding hydrogens is 497 g/mol. The smallest absolute Gasteiger partial charge is 0.309 e. The second kappa shape index (κ2) is 9.73. The van der Waals surface area contributed by atoms with Gasteiger partial charge in [-0.15, -0.1) is 12.4 Å². The van der Waals surface area contributed by atoms with Crippen molar-refractivity contribution in [2.24, 2.45) is 5.92 Å². The van der Waals surface area contributed by atoms with E-state index in [1.165, 1.54) is 16.9 Å². The van der Waals surface area contributed by atoms with Gasteiger partial charge in [-0.1, -0.05) is 59.9 Å². The maximum absolute atomic E-state index is 15.0. The zero-order valence-electron chi connectivity index (χ0n) is 19.4. The highest BCUT2D eigenvalue weighted by molar-refractivity contribution is 7.21. The zero-order valence-corrected chi connectivity index (χ0v) is 21.1. The predicted molar refractivity (Wildman–Crippen MR) is 142 cm³/mol. The summed E-state index contributed by atoms with van der Waals surface area (Å²) >= 11 is 1.41. The number of allylic oxidation sites excluding steroid dienone is 2. The molecule has 1 aliphatic heterocycles. The van der Waals surface area contributed by atoms with Crippen molar-refractivity contribution in [3.05, 3.63) is 95.5 Å². The molecule has 2 aromatic carbocycles. The fourth-order valence-electron chi connectivity index (χ4n) is 4.77. The SMILES string of the molecule is Cl.O=C(O)C1CN(CCCc2ccc(-c3nc4ccc(C5(c6ccccc6)C=C5)nc4s3)c(F)c2)C1. The molecule has 36 heavy (non-hydrogen) atoms. The molecule has 0 bridgehead atoms. The van der Waals surface area contributed by atoms with Crippen LogP contribution < -0.4 is 0 Å². The fraction of sp³-hybridized carbons (Fsp3) is 0.250. The van der Waals surface area contributed by atoms with Gasteiger partial charge in [0.15, 0.2) is 0 Å². The number of halogens is 2. The molecule has 3 heterocycles. The molecule has 0 spiro atoms. The third-order valence-corrected chi connectivity index (χ3v) is 7.94. The topological polar surface area (TPSA) is 66.3 Å². The van der Waals surface area contributed by atoms with Crippen LogP contribution in [-0.2, 0) is 16.6 Å². The number of carboxylic acid groups (broad SMARTS) is 1. The first-order valence-corrected chi connectivity index (χ1v) is 12.6. The number of aryl methyl sites for hydroxylation is 1. The molecule has 0 unspecified atom stereocenters. The quantitative estimate of drug-likeness (QED) is 0.300. The number of thiazole rings is 1. The molecule has 0 saturated carbocycles. The van der Waals surface area contributed by atoms with E-state index in [0.717, 1.165) is 41.0 Å². The van der Waals surface area contributed by atoms with Crippen LogP contribution in [0.1, 0.15) is 23.2 Å². The van der Waals surface area contributed by atoms with Crippen LogP contribution in [0.5, 0.6) is 0 Å². The lowest BCUT2D eigenvalue weighted by molar-refractivity contribution is -0.147. The minimum atomic E-state index is -0.722. The van der Waals surface area contributed by atoms with Gasteiger partial charge < -0.3 is 10.0 Å². The summed E-state index contributed by atoms with van der Waals surface area (Å²) in [4.78, 5) is 23.4. The number of benzene rings is 2. The van der Waals surface area contributed by atoms with Gasteiger partial charge in [-0.25, -0.2) is 14.4 Å². The molecule has 0 radical (unpaired) electrons. The number of carboxylic acids is 1. The Balaban J connectivity index is 0.00000267. The van der Waals surface area contributed by atoms with E-state index in [1.54, 1.807) is 12.1 Å². The number of pyridine rings is 1. The van der Waals surface area contributed by atoms with Crippen LogP contribution in [0.2, 0.25) is 0 Å². The van der Waals surface area contributed by atoms with Crippen LogP contribution in [0.15, 0.2) is 72.8 Å². The average molecular weight is 522 g/mol. The summed E-state index contributed by atoms with van der Waals surface area (Å²) in [5.74, 6) is -1.24. The van der Waals surface area contributed by atoms with Crippen molar-refractivity contribution >= 4 is 40.1 Å². The Labute approximate surface area is 218 Å². The number of aromatic nitrogens is 2. The van der Waals surface area contributed by atoms with Gasteiger partial charge in [0.25, 0.3) is 0 Å². The summed E-state index contributed by atoms with van der Waals surface area (Å²) in [5.41, 5.74) is 4.10. The minimum Gasteiger partial charge on any atom is -0.481 e. The predicted octanol–water partition coefficient (Wildman–Crippen LogP) is 5.72. The molecule has 6 rings (SSSR count). The lowest BCUT2D eigenvalue weighted by atomic mass is 9.89. The Morgan fingerprint density at radius 1 is 1.08 bits per heavy atom. The zero-order chi connectivity index (χ0) is 24.0. The standard InChI is InChI=1S/C28H24FN3O2S.ClH/c29-22-15-18(5-4-14-32-16-19(17-32)27(33)34)8-9-21(22)25-30-23-10-11-24(31-26(23)35-25)28(12-13-28)20-6-2-1-3-7-20;/h1-3,6-13,15,19H,4-5,14,16-17H2,(H,33,34);1H. The molecule has 5 nitrogen and oxygen atoms in total. The lowest BCUT2D eigenvalue weighted by Gasteiger charge is -2.36. The first kappa shape index (κ1) is 24.6. The molecular formula is C28H25ClFN3O2S. The largest absolute Gasteiger partial charge is 0.481 e. The maximum Gasteiger partial charge on any atom is 0.309 e. The molecule has 0 atom stereocenters. The molecule has 1 saturated heterocycles. The second-order valence-electron chi connectivity index (χ2n) is 9.32. The Kier molecular flexibility index (Phi) is 6.64. The van der Waals surface area contributed by atoms with E-state index in [1.807, 2.05) is 36.4 Å². The van der Waals surface area contributed by atoms with Crippen molar-refractivity contribution in [3.8, 4) is 10.6 Å². The molecule has 4 aromatic rings. The van der Waals surface area contributed by atoms with Crippen LogP contribution >= 0.6 is 23.7 Å². The highest BCUT2D eigenvalue weighted by Crippen LogP contribution is 2.45. The minimum absolute atomic E-state index is 0. The van der Waals surface area contributed by atoms with E-state index < -0.39 is 5.97 Å². The van der Waals surface area contributed by atoms with Gasteiger partial charge in [-0.05, 0) is 54.8 Å². The second-order valence-corrected chi connectivity index (χ2v) is 10.3. The van der Waals surface area contributed by atoms with E-state index in [4.69, 9.17) is 10.1 Å². The highest BCUT2D eigenvalue weighted by Gasteiger charge is 2.39. The third kappa shape index (κ3) is 4.54. The summed E-state index contributed by atoms with van der Waals surface area (Å²) in [6, 6.07) is 19.6. The number of likely N-dealkylation sites (tertiary alicyclic amines) is 1. The van der Waals surface area contributed by atoms with Crippen LogP contribution in [0.25, 0.3) is 20.9 Å². The van der Waals surface area contributed by atoms with Crippen LogP contribution in [0.3, 0.4) is 0 Å². The summed E-state index contributed by atoms with van der Waals surface area (Å²) in [6.07, 6.45) is 5.94. The van der Waals surface area contributed by atoms with Gasteiger partial charge in [-0.2, -0.15) is 0 Å². The molecule has 2 aromatic heterocycles. The molecule has 2 aliphatic rings. The van der Waals surface area contributed by atoms with Crippen LogP contribution in [0.4, 0.5) is 4.39 Å². The van der Waals surface area contributed by atoms with Crippen LogP contribution in [-0.4, -0.2) is 45.6 Å². The van der Waals surface area contributed by atoms with E-state index in [0.29, 0.717) is 23.7 Å². The van der Waals surface area contributed by atoms with Gasteiger partial charge in [-0.3, -0.25) is 4.79 Å². The summed E-state index contributed by atoms with van der Waals surface area (Å²) < 4.78 is 15.0. The molecule has 1 fully saturated rings. The van der Waals surface area contributed by atoms with Crippen molar-refractivity contribution in [2.75, 3.05) is 19.6 Å². The van der Waals surface area contributed by atoms with Crippen molar-refractivity contribution in [1.29, 1.82) is 0 Å². The Morgan fingerprint density at radius 3 is 2.56 bits per heavy atom. The highest BCUT2D eigenvalue weighted by atomic mass is 35.5. The number of fused-ring (bicyclic) bond motifs is 1. The molecule has 1 N–H and O–H groups in total. The van der Waals surface area contributed by atoms with E-state index in [9.17, 15) is 4.79 Å². The van der Waals surface area contributed by atoms with Crippen molar-refractivity contribution in [2.45, 2.75) is 18.3 Å². The molecule has 1 aliphatic carbocycles. The fourth-order valence-corrected chi connectivity index (χ4v) is 5.74. The summed E-state index contributed by atoms with van der Waals surface area (Å²) in [7, 11) is 0. The summed E-state index contributed by atoms with van der Waals surface area (Å²) in [6.45, 7) is 2.05. The Bertz CT molecular complexity index is 1440. The first-order chi connectivity index (χ1) is 17.0. The number of aliphatic carboxylic acids is 1. The van der Waals surface area contributed by atoms with Gasteiger partial charge in [0.1, 0.15) is 21.2 Å². The number of hydrogen-bond acceptors (Lipinski definition) is 5. The van der Waals surface area contributed by atoms with Crippen molar-refractivity contribution < 1.29 is 14.3 Å². The monoisotopic (exact) mass is 521 g/mol. The average Bonchev–Trinajstić information content (AvgIpc) is 3.54. The van der Waals surface area contributed by atoms with Crippen molar-refractivity contribution in [3.63, 3.8) is 0 Å².